The first-order valence-corrected chi connectivity index (χ1v) is 14.7. The van der Waals surface area contributed by atoms with Crippen LogP contribution in [-0.4, -0.2) is 49.5 Å². The van der Waals surface area contributed by atoms with E-state index in [9.17, 15) is 13.2 Å². The van der Waals surface area contributed by atoms with Gasteiger partial charge in [-0.05, 0) is 72.4 Å². The standard InChI is InChI=1S/C30H33N3O3S/c1-33(2)29(34)18-20-4-6-21(7-5-20)22-8-10-23(11-9-22)24-12-14-25(15-13-24)30-31-27-17-16-26(37(3,35)36)19-28(27)32-30/h8-17,19-21H,4-7,18H2,1-3H3,(H,31,32). The van der Waals surface area contributed by atoms with Gasteiger partial charge in [-0.3, -0.25) is 4.79 Å². The number of nitrogens with zero attached hydrogens (tertiary/aromatic N) is 2. The fraction of sp³-hybridized carbons (Fsp3) is 0.333. The summed E-state index contributed by atoms with van der Waals surface area (Å²) in [5.74, 6) is 2.03. The van der Waals surface area contributed by atoms with E-state index in [1.165, 1.54) is 17.4 Å². The molecule has 1 amide bonds. The van der Waals surface area contributed by atoms with E-state index in [2.05, 4.69) is 46.4 Å². The molecule has 0 radical (unpaired) electrons. The molecule has 1 saturated carbocycles. The number of H-pyrrole nitrogens is 1. The smallest absolute Gasteiger partial charge is 0.222 e. The van der Waals surface area contributed by atoms with Crippen molar-refractivity contribution in [3.05, 3.63) is 72.3 Å². The molecule has 0 saturated heterocycles. The summed E-state index contributed by atoms with van der Waals surface area (Å²) in [5, 5.41) is 0. The van der Waals surface area contributed by atoms with Crippen LogP contribution >= 0.6 is 0 Å². The summed E-state index contributed by atoms with van der Waals surface area (Å²) in [6.07, 6.45) is 6.39. The number of aromatic nitrogens is 2. The van der Waals surface area contributed by atoms with E-state index in [0.717, 1.165) is 42.3 Å². The fourth-order valence-corrected chi connectivity index (χ4v) is 5.89. The third-order valence-corrected chi connectivity index (χ3v) is 8.68. The van der Waals surface area contributed by atoms with Crippen LogP contribution in [-0.2, 0) is 14.6 Å². The second-order valence-corrected chi connectivity index (χ2v) is 12.5. The van der Waals surface area contributed by atoms with Crippen molar-refractivity contribution in [3.63, 3.8) is 0 Å². The summed E-state index contributed by atoms with van der Waals surface area (Å²) < 4.78 is 23.7. The Morgan fingerprint density at radius 1 is 0.892 bits per heavy atom. The van der Waals surface area contributed by atoms with Gasteiger partial charge in [0.05, 0.1) is 15.9 Å². The van der Waals surface area contributed by atoms with E-state index in [-0.39, 0.29) is 10.8 Å². The quantitative estimate of drug-likeness (QED) is 0.339. The number of hydrogen-bond acceptors (Lipinski definition) is 4. The number of carbonyl (C=O) groups is 1. The average Bonchev–Trinajstić information content (AvgIpc) is 3.32. The number of carbonyl (C=O) groups excluding carboxylic acids is 1. The molecule has 7 heteroatoms. The molecule has 1 heterocycles. The third-order valence-electron chi connectivity index (χ3n) is 7.57. The minimum atomic E-state index is -3.27. The molecule has 0 unspecified atom stereocenters. The molecule has 0 bridgehead atoms. The minimum absolute atomic E-state index is 0.236. The SMILES string of the molecule is CN(C)C(=O)CC1CCC(c2ccc(-c3ccc(-c4nc5cc(S(C)(=O)=O)ccc5[nH]4)cc3)cc2)CC1. The van der Waals surface area contributed by atoms with Gasteiger partial charge in [-0.2, -0.15) is 0 Å². The van der Waals surface area contributed by atoms with Crippen LogP contribution in [0.25, 0.3) is 33.5 Å². The summed E-state index contributed by atoms with van der Waals surface area (Å²) in [6.45, 7) is 0. The molecule has 4 aromatic rings. The molecular weight excluding hydrogens is 482 g/mol. The molecule has 0 spiro atoms. The predicted octanol–water partition coefficient (Wildman–Crippen LogP) is 6.05. The molecule has 5 rings (SSSR count). The largest absolute Gasteiger partial charge is 0.349 e. The van der Waals surface area contributed by atoms with E-state index in [1.54, 1.807) is 23.1 Å². The van der Waals surface area contributed by atoms with Crippen molar-refractivity contribution in [3.8, 4) is 22.5 Å². The molecular formula is C30H33N3O3S. The highest BCUT2D eigenvalue weighted by Crippen LogP contribution is 2.38. The molecule has 0 atom stereocenters. The molecule has 0 aliphatic heterocycles. The number of aromatic amines is 1. The Balaban J connectivity index is 1.25. The molecule has 1 N–H and O–H groups in total. The van der Waals surface area contributed by atoms with Gasteiger partial charge in [0, 0.05) is 32.3 Å². The van der Waals surface area contributed by atoms with Crippen molar-refractivity contribution in [2.75, 3.05) is 20.4 Å². The Hall–Kier alpha value is -3.45. The summed E-state index contributed by atoms with van der Waals surface area (Å²) in [4.78, 5) is 21.9. The maximum Gasteiger partial charge on any atom is 0.222 e. The lowest BCUT2D eigenvalue weighted by molar-refractivity contribution is -0.129. The maximum absolute atomic E-state index is 12.0. The van der Waals surface area contributed by atoms with Gasteiger partial charge in [-0.15, -0.1) is 0 Å². The van der Waals surface area contributed by atoms with Gasteiger partial charge >= 0.3 is 0 Å². The Morgan fingerprint density at radius 3 is 2.08 bits per heavy atom. The van der Waals surface area contributed by atoms with Gasteiger partial charge in [0.15, 0.2) is 9.84 Å². The molecule has 1 aliphatic rings. The first-order valence-electron chi connectivity index (χ1n) is 12.8. The molecule has 37 heavy (non-hydrogen) atoms. The molecule has 1 fully saturated rings. The minimum Gasteiger partial charge on any atom is -0.349 e. The van der Waals surface area contributed by atoms with Crippen LogP contribution in [0.3, 0.4) is 0 Å². The second kappa shape index (κ2) is 10.1. The second-order valence-electron chi connectivity index (χ2n) is 10.4. The highest BCUT2D eigenvalue weighted by molar-refractivity contribution is 7.90. The van der Waals surface area contributed by atoms with Crippen molar-refractivity contribution < 1.29 is 13.2 Å². The number of rotatable bonds is 6. The number of sulfone groups is 1. The monoisotopic (exact) mass is 515 g/mol. The highest BCUT2D eigenvalue weighted by Gasteiger charge is 2.24. The summed E-state index contributed by atoms with van der Waals surface area (Å²) in [7, 11) is 0.392. The van der Waals surface area contributed by atoms with Gasteiger partial charge < -0.3 is 9.88 Å². The van der Waals surface area contributed by atoms with Gasteiger partial charge in [0.1, 0.15) is 5.82 Å². The number of amides is 1. The topological polar surface area (TPSA) is 83.1 Å². The summed E-state index contributed by atoms with van der Waals surface area (Å²) in [6, 6.07) is 22.1. The summed E-state index contributed by atoms with van der Waals surface area (Å²) in [5.41, 5.74) is 6.08. The highest BCUT2D eigenvalue weighted by atomic mass is 32.2. The van der Waals surface area contributed by atoms with Crippen LogP contribution in [0, 0.1) is 5.92 Å². The van der Waals surface area contributed by atoms with Crippen molar-refractivity contribution in [2.45, 2.75) is 42.9 Å². The predicted molar refractivity (Wildman–Crippen MR) is 148 cm³/mol. The van der Waals surface area contributed by atoms with E-state index in [4.69, 9.17) is 0 Å². The van der Waals surface area contributed by atoms with Gasteiger partial charge in [-0.25, -0.2) is 13.4 Å². The fourth-order valence-electron chi connectivity index (χ4n) is 5.25. The Morgan fingerprint density at radius 2 is 1.49 bits per heavy atom. The van der Waals surface area contributed by atoms with Crippen molar-refractivity contribution in [1.82, 2.24) is 14.9 Å². The van der Waals surface area contributed by atoms with Gasteiger partial charge in [0.2, 0.25) is 5.91 Å². The van der Waals surface area contributed by atoms with Crippen LogP contribution in [0.15, 0.2) is 71.6 Å². The van der Waals surface area contributed by atoms with Crippen molar-refractivity contribution >= 4 is 26.8 Å². The zero-order valence-corrected chi connectivity index (χ0v) is 22.4. The number of hydrogen-bond donors (Lipinski definition) is 1. The lowest BCUT2D eigenvalue weighted by Gasteiger charge is -2.29. The normalized spacial score (nSPS) is 18.1. The molecule has 3 aromatic carbocycles. The molecule has 6 nitrogen and oxygen atoms in total. The number of benzene rings is 3. The van der Waals surface area contributed by atoms with Crippen LogP contribution in [0.1, 0.15) is 43.6 Å². The third kappa shape index (κ3) is 5.62. The van der Waals surface area contributed by atoms with Crippen molar-refractivity contribution in [1.29, 1.82) is 0 Å². The molecule has 192 valence electrons. The van der Waals surface area contributed by atoms with Crippen LogP contribution in [0.4, 0.5) is 0 Å². The number of nitrogens with one attached hydrogen (secondary N) is 1. The Kier molecular flexibility index (Phi) is 6.90. The van der Waals surface area contributed by atoms with Crippen LogP contribution < -0.4 is 0 Å². The van der Waals surface area contributed by atoms with E-state index < -0.39 is 9.84 Å². The molecule has 1 aromatic heterocycles. The Labute approximate surface area is 218 Å². The molecule has 1 aliphatic carbocycles. The lowest BCUT2D eigenvalue weighted by Crippen LogP contribution is -2.26. The number of imidazole rings is 1. The summed E-state index contributed by atoms with van der Waals surface area (Å²) >= 11 is 0. The van der Waals surface area contributed by atoms with Crippen LogP contribution in [0.2, 0.25) is 0 Å². The zero-order valence-electron chi connectivity index (χ0n) is 21.6. The maximum atomic E-state index is 12.0. The van der Waals surface area contributed by atoms with E-state index >= 15 is 0 Å². The zero-order chi connectivity index (χ0) is 26.2. The Bertz CT molecular complexity index is 1510. The van der Waals surface area contributed by atoms with Crippen molar-refractivity contribution in [2.24, 2.45) is 5.92 Å². The average molecular weight is 516 g/mol. The van der Waals surface area contributed by atoms with E-state index in [0.29, 0.717) is 29.6 Å². The van der Waals surface area contributed by atoms with Gasteiger partial charge in [0.25, 0.3) is 0 Å². The van der Waals surface area contributed by atoms with E-state index in [1.807, 2.05) is 26.2 Å². The first kappa shape index (κ1) is 25.2. The van der Waals surface area contributed by atoms with Gasteiger partial charge in [-0.1, -0.05) is 48.5 Å². The number of fused-ring (bicyclic) bond motifs is 1. The lowest BCUT2D eigenvalue weighted by atomic mass is 9.77. The first-order chi connectivity index (χ1) is 17.7. The van der Waals surface area contributed by atoms with Crippen LogP contribution in [0.5, 0.6) is 0 Å².